The lowest BCUT2D eigenvalue weighted by atomic mass is 10.1. The third-order valence-corrected chi connectivity index (χ3v) is 4.26. The van der Waals surface area contributed by atoms with Gasteiger partial charge in [0, 0.05) is 25.2 Å². The van der Waals surface area contributed by atoms with Gasteiger partial charge in [-0.05, 0) is 25.3 Å². The number of aromatic nitrogens is 2. The van der Waals surface area contributed by atoms with E-state index >= 15 is 0 Å². The minimum Gasteiger partial charge on any atom is -0.341 e. The highest BCUT2D eigenvalue weighted by molar-refractivity contribution is 6.34. The quantitative estimate of drug-likeness (QED) is 0.662. The van der Waals surface area contributed by atoms with E-state index in [9.17, 15) is 14.9 Å². The molecule has 0 saturated carbocycles. The number of carbonyl (C=O) groups is 1. The Hall–Kier alpha value is -2.74. The summed E-state index contributed by atoms with van der Waals surface area (Å²) in [5.74, 6) is 0.167. The zero-order valence-electron chi connectivity index (χ0n) is 13.3. The number of nitro benzene ring substituents is 1. The molecule has 0 radical (unpaired) electrons. The Morgan fingerprint density at radius 3 is 2.48 bits per heavy atom. The number of halogens is 1. The second-order valence-electron chi connectivity index (χ2n) is 5.69. The molecule has 1 fully saturated rings. The Morgan fingerprint density at radius 2 is 1.88 bits per heavy atom. The Bertz CT molecular complexity index is 791. The van der Waals surface area contributed by atoms with Gasteiger partial charge in [0.2, 0.25) is 5.95 Å². The van der Waals surface area contributed by atoms with Crippen molar-refractivity contribution in [3.05, 3.63) is 51.3 Å². The van der Waals surface area contributed by atoms with Crippen molar-refractivity contribution in [2.75, 3.05) is 23.3 Å². The molecule has 3 rings (SSSR count). The largest absolute Gasteiger partial charge is 0.341 e. The van der Waals surface area contributed by atoms with Gasteiger partial charge < -0.3 is 10.2 Å². The lowest BCUT2D eigenvalue weighted by Crippen LogP contribution is -2.30. The number of hydrogen-bond acceptors (Lipinski definition) is 6. The molecule has 2 aromatic rings. The van der Waals surface area contributed by atoms with Crippen LogP contribution in [0.5, 0.6) is 0 Å². The molecule has 0 unspecified atom stereocenters. The molecule has 1 aromatic heterocycles. The first-order chi connectivity index (χ1) is 12.0. The van der Waals surface area contributed by atoms with E-state index < -0.39 is 10.8 Å². The molecule has 1 saturated heterocycles. The van der Waals surface area contributed by atoms with Gasteiger partial charge in [0.25, 0.3) is 11.6 Å². The first-order valence-electron chi connectivity index (χ1n) is 7.87. The highest BCUT2D eigenvalue weighted by Gasteiger charge is 2.16. The maximum Gasteiger partial charge on any atom is 0.270 e. The molecule has 0 aliphatic carbocycles. The smallest absolute Gasteiger partial charge is 0.270 e. The number of piperidine rings is 1. The van der Waals surface area contributed by atoms with E-state index in [1.807, 2.05) is 0 Å². The van der Waals surface area contributed by atoms with Gasteiger partial charge in [0.1, 0.15) is 0 Å². The standard InChI is InChI=1S/C16H16ClN5O3/c17-14-8-12(22(24)25)4-5-13(14)15(23)20-11-9-18-16(19-10-11)21-6-2-1-3-7-21/h4-5,8-10H,1-3,6-7H2,(H,20,23). The average molecular weight is 362 g/mol. The molecule has 1 N–H and O–H groups in total. The molecule has 9 heteroatoms. The van der Waals surface area contributed by atoms with Gasteiger partial charge in [0.15, 0.2) is 0 Å². The second kappa shape index (κ2) is 7.43. The van der Waals surface area contributed by atoms with Crippen molar-refractivity contribution in [3.8, 4) is 0 Å². The van der Waals surface area contributed by atoms with E-state index in [1.165, 1.54) is 30.9 Å². The monoisotopic (exact) mass is 361 g/mol. The highest BCUT2D eigenvalue weighted by Crippen LogP contribution is 2.23. The lowest BCUT2D eigenvalue weighted by Gasteiger charge is -2.26. The Kier molecular flexibility index (Phi) is 5.08. The molecule has 1 aliphatic heterocycles. The van der Waals surface area contributed by atoms with Crippen LogP contribution in [0.2, 0.25) is 5.02 Å². The minimum atomic E-state index is -0.569. The molecule has 0 spiro atoms. The number of amides is 1. The van der Waals surface area contributed by atoms with E-state index in [0.29, 0.717) is 11.6 Å². The van der Waals surface area contributed by atoms with Crippen molar-refractivity contribution in [2.45, 2.75) is 19.3 Å². The molecule has 25 heavy (non-hydrogen) atoms. The molecule has 1 aliphatic rings. The third kappa shape index (κ3) is 4.03. The topological polar surface area (TPSA) is 101 Å². The zero-order valence-corrected chi connectivity index (χ0v) is 14.1. The van der Waals surface area contributed by atoms with Crippen LogP contribution in [0, 0.1) is 10.1 Å². The average Bonchev–Trinajstić information content (AvgIpc) is 2.62. The maximum absolute atomic E-state index is 12.3. The fraction of sp³-hybridized carbons (Fsp3) is 0.312. The number of hydrogen-bond donors (Lipinski definition) is 1. The van der Waals surface area contributed by atoms with Crippen LogP contribution in [0.15, 0.2) is 30.6 Å². The Balaban J connectivity index is 1.69. The summed E-state index contributed by atoms with van der Waals surface area (Å²) in [4.78, 5) is 33.1. The molecule has 1 aromatic carbocycles. The van der Waals surface area contributed by atoms with E-state index in [4.69, 9.17) is 11.6 Å². The van der Waals surface area contributed by atoms with Crippen LogP contribution in [0.1, 0.15) is 29.6 Å². The molecular formula is C16H16ClN5O3. The third-order valence-electron chi connectivity index (χ3n) is 3.94. The molecule has 8 nitrogen and oxygen atoms in total. The molecule has 0 bridgehead atoms. The van der Waals surface area contributed by atoms with Gasteiger partial charge in [-0.3, -0.25) is 14.9 Å². The summed E-state index contributed by atoms with van der Waals surface area (Å²) >= 11 is 5.96. The number of nitrogens with one attached hydrogen (secondary N) is 1. The maximum atomic E-state index is 12.3. The van der Waals surface area contributed by atoms with Crippen LogP contribution in [-0.4, -0.2) is 33.9 Å². The van der Waals surface area contributed by atoms with E-state index in [2.05, 4.69) is 20.2 Å². The molecule has 1 amide bonds. The van der Waals surface area contributed by atoms with Crippen LogP contribution in [-0.2, 0) is 0 Å². The SMILES string of the molecule is O=C(Nc1cnc(N2CCCCC2)nc1)c1ccc([N+](=O)[O-])cc1Cl. The summed E-state index contributed by atoms with van der Waals surface area (Å²) in [5.41, 5.74) is 0.406. The first kappa shape index (κ1) is 17.1. The van der Waals surface area contributed by atoms with Crippen molar-refractivity contribution in [1.82, 2.24) is 9.97 Å². The number of anilines is 2. The van der Waals surface area contributed by atoms with Crippen LogP contribution >= 0.6 is 11.6 Å². The van der Waals surface area contributed by atoms with Crippen molar-refractivity contribution in [1.29, 1.82) is 0 Å². The van der Waals surface area contributed by atoms with E-state index in [-0.39, 0.29) is 16.3 Å². The summed E-state index contributed by atoms with van der Waals surface area (Å²) in [6, 6.07) is 3.70. The van der Waals surface area contributed by atoms with Crippen LogP contribution in [0.3, 0.4) is 0 Å². The van der Waals surface area contributed by atoms with Gasteiger partial charge >= 0.3 is 0 Å². The molecule has 130 valence electrons. The summed E-state index contributed by atoms with van der Waals surface area (Å²) in [6.45, 7) is 1.87. The van der Waals surface area contributed by atoms with Crippen LogP contribution in [0.25, 0.3) is 0 Å². The second-order valence-corrected chi connectivity index (χ2v) is 6.10. The van der Waals surface area contributed by atoms with Gasteiger partial charge in [0.05, 0.1) is 33.6 Å². The van der Waals surface area contributed by atoms with Crippen molar-refractivity contribution in [2.24, 2.45) is 0 Å². The number of nitro groups is 1. The first-order valence-corrected chi connectivity index (χ1v) is 8.24. The van der Waals surface area contributed by atoms with Gasteiger partial charge in [-0.25, -0.2) is 9.97 Å². The number of carbonyl (C=O) groups excluding carboxylic acids is 1. The number of benzene rings is 1. The molecule has 0 atom stereocenters. The lowest BCUT2D eigenvalue weighted by molar-refractivity contribution is -0.384. The van der Waals surface area contributed by atoms with Crippen LogP contribution in [0.4, 0.5) is 17.3 Å². The van der Waals surface area contributed by atoms with E-state index in [1.54, 1.807) is 0 Å². The number of non-ortho nitro benzene ring substituents is 1. The van der Waals surface area contributed by atoms with Crippen molar-refractivity contribution >= 4 is 34.8 Å². The minimum absolute atomic E-state index is 0.0116. The number of rotatable bonds is 4. The Labute approximate surface area is 149 Å². The summed E-state index contributed by atoms with van der Waals surface area (Å²) in [7, 11) is 0. The fourth-order valence-corrected chi connectivity index (χ4v) is 2.90. The van der Waals surface area contributed by atoms with Crippen molar-refractivity contribution in [3.63, 3.8) is 0 Å². The number of nitrogens with zero attached hydrogens (tertiary/aromatic N) is 4. The van der Waals surface area contributed by atoms with Crippen molar-refractivity contribution < 1.29 is 9.72 Å². The summed E-state index contributed by atoms with van der Waals surface area (Å²) < 4.78 is 0. The fourth-order valence-electron chi connectivity index (χ4n) is 2.64. The highest BCUT2D eigenvalue weighted by atomic mass is 35.5. The predicted molar refractivity (Wildman–Crippen MR) is 94.2 cm³/mol. The normalized spacial score (nSPS) is 14.2. The summed E-state index contributed by atoms with van der Waals surface area (Å²) in [5, 5.41) is 13.4. The Morgan fingerprint density at radius 1 is 1.20 bits per heavy atom. The van der Waals surface area contributed by atoms with Gasteiger partial charge in [-0.1, -0.05) is 11.6 Å². The summed E-state index contributed by atoms with van der Waals surface area (Å²) in [6.07, 6.45) is 6.55. The molecule has 2 heterocycles. The van der Waals surface area contributed by atoms with Gasteiger partial charge in [-0.15, -0.1) is 0 Å². The predicted octanol–water partition coefficient (Wildman–Crippen LogP) is 3.28. The van der Waals surface area contributed by atoms with Gasteiger partial charge in [-0.2, -0.15) is 0 Å². The van der Waals surface area contributed by atoms with E-state index in [0.717, 1.165) is 32.0 Å². The van der Waals surface area contributed by atoms with Crippen LogP contribution < -0.4 is 10.2 Å². The zero-order chi connectivity index (χ0) is 17.8. The molecular weight excluding hydrogens is 346 g/mol.